The number of hydrogen-bond donors (Lipinski definition) is 0. The summed E-state index contributed by atoms with van der Waals surface area (Å²) in [6.45, 7) is 0. The molecule has 0 atom stereocenters. The molecule has 1 rings (SSSR count). The fourth-order valence-corrected chi connectivity index (χ4v) is 1.60. The van der Waals surface area contributed by atoms with Gasteiger partial charge >= 0.3 is 0 Å². The molecule has 0 aromatic carbocycles. The average Bonchev–Trinajstić information content (AvgIpc) is 2.05. The molecule has 0 heterocycles. The van der Waals surface area contributed by atoms with Crippen LogP contribution < -0.4 is 0 Å². The summed E-state index contributed by atoms with van der Waals surface area (Å²) in [5.74, 6) is 0.770. The van der Waals surface area contributed by atoms with Gasteiger partial charge in [0, 0.05) is 7.11 Å². The van der Waals surface area contributed by atoms with Crippen molar-refractivity contribution in [2.24, 2.45) is 5.92 Å². The number of ether oxygens (including phenoxy) is 1. The van der Waals surface area contributed by atoms with E-state index in [1.165, 1.54) is 25.7 Å². The van der Waals surface area contributed by atoms with E-state index in [4.69, 9.17) is 12.6 Å². The van der Waals surface area contributed by atoms with Crippen LogP contribution in [0.15, 0.2) is 0 Å². The van der Waals surface area contributed by atoms with Crippen molar-refractivity contribution in [3.05, 3.63) is 0 Å². The van der Waals surface area contributed by atoms with E-state index in [1.807, 2.05) is 0 Å². The third-order valence-electron chi connectivity index (χ3n) is 2.46. The van der Waals surface area contributed by atoms with Crippen LogP contribution in [0, 0.1) is 5.92 Å². The van der Waals surface area contributed by atoms with Crippen molar-refractivity contribution in [2.45, 2.75) is 38.1 Å². The standard InChI is InChI=1S/C8H15BO/c1-10-8-4-2-7(6-9)3-5-8/h7-8H,2-6H2,1H3. The highest BCUT2D eigenvalue weighted by Gasteiger charge is 2.18. The lowest BCUT2D eigenvalue weighted by Gasteiger charge is -2.26. The minimum Gasteiger partial charge on any atom is -0.381 e. The van der Waals surface area contributed by atoms with E-state index in [0.29, 0.717) is 6.10 Å². The zero-order valence-electron chi connectivity index (χ0n) is 6.68. The Labute approximate surface area is 64.6 Å². The zero-order chi connectivity index (χ0) is 7.40. The molecule has 0 amide bonds. The van der Waals surface area contributed by atoms with Crippen molar-refractivity contribution in [3.63, 3.8) is 0 Å². The first kappa shape index (κ1) is 8.12. The molecule has 0 N–H and O–H groups in total. The lowest BCUT2D eigenvalue weighted by atomic mass is 9.79. The second kappa shape index (κ2) is 4.02. The van der Waals surface area contributed by atoms with Gasteiger partial charge in [-0.3, -0.25) is 0 Å². The lowest BCUT2D eigenvalue weighted by molar-refractivity contribution is 0.0594. The van der Waals surface area contributed by atoms with Crippen LogP contribution in [0.3, 0.4) is 0 Å². The Morgan fingerprint density at radius 1 is 1.30 bits per heavy atom. The Hall–Kier alpha value is 0.0249. The molecule has 1 fully saturated rings. The number of rotatable bonds is 2. The van der Waals surface area contributed by atoms with E-state index >= 15 is 0 Å². The summed E-state index contributed by atoms with van der Waals surface area (Å²) in [5, 5.41) is 0. The summed E-state index contributed by atoms with van der Waals surface area (Å²) in [5.41, 5.74) is 0. The Balaban J connectivity index is 2.17. The first-order valence-electron chi connectivity index (χ1n) is 4.09. The molecule has 0 bridgehead atoms. The lowest BCUT2D eigenvalue weighted by Crippen LogP contribution is -2.19. The largest absolute Gasteiger partial charge is 0.381 e. The molecule has 0 aliphatic heterocycles. The van der Waals surface area contributed by atoms with Crippen molar-refractivity contribution < 1.29 is 4.74 Å². The number of methoxy groups -OCH3 is 1. The van der Waals surface area contributed by atoms with Crippen molar-refractivity contribution in [1.82, 2.24) is 0 Å². The molecule has 1 nitrogen and oxygen atoms in total. The van der Waals surface area contributed by atoms with Gasteiger partial charge in [-0.1, -0.05) is 6.32 Å². The van der Waals surface area contributed by atoms with Gasteiger partial charge < -0.3 is 4.74 Å². The minimum atomic E-state index is 0.516. The fourth-order valence-electron chi connectivity index (χ4n) is 1.60. The van der Waals surface area contributed by atoms with Gasteiger partial charge in [0.25, 0.3) is 0 Å². The van der Waals surface area contributed by atoms with Gasteiger partial charge in [0.1, 0.15) is 0 Å². The molecular formula is C8H15BO. The summed E-state index contributed by atoms with van der Waals surface area (Å²) >= 11 is 0. The van der Waals surface area contributed by atoms with Gasteiger partial charge in [0.15, 0.2) is 0 Å². The molecule has 0 spiro atoms. The predicted octanol–water partition coefficient (Wildman–Crippen LogP) is 1.78. The molecule has 0 aromatic rings. The molecule has 2 radical (unpaired) electrons. The molecule has 1 saturated carbocycles. The third kappa shape index (κ3) is 2.01. The summed E-state index contributed by atoms with van der Waals surface area (Å²) in [6.07, 6.45) is 6.31. The highest BCUT2D eigenvalue weighted by Crippen LogP contribution is 2.27. The first-order chi connectivity index (χ1) is 4.86. The summed E-state index contributed by atoms with van der Waals surface area (Å²) in [6, 6.07) is 0. The van der Waals surface area contributed by atoms with E-state index in [2.05, 4.69) is 0 Å². The maximum absolute atomic E-state index is 5.55. The summed E-state index contributed by atoms with van der Waals surface area (Å²) in [7, 11) is 7.35. The quantitative estimate of drug-likeness (QED) is 0.528. The van der Waals surface area contributed by atoms with Gasteiger partial charge in [0.2, 0.25) is 0 Å². The second-order valence-electron chi connectivity index (χ2n) is 3.11. The van der Waals surface area contributed by atoms with Gasteiger partial charge in [-0.15, -0.1) is 0 Å². The minimum absolute atomic E-state index is 0.516. The van der Waals surface area contributed by atoms with Gasteiger partial charge in [-0.25, -0.2) is 0 Å². The molecule has 1 aliphatic rings. The molecule has 1 aliphatic carbocycles. The van der Waals surface area contributed by atoms with Gasteiger partial charge in [0.05, 0.1) is 14.0 Å². The van der Waals surface area contributed by atoms with Crippen molar-refractivity contribution in [2.75, 3.05) is 7.11 Å². The second-order valence-corrected chi connectivity index (χ2v) is 3.11. The number of hydrogen-bond acceptors (Lipinski definition) is 1. The van der Waals surface area contributed by atoms with Crippen LogP contribution in [0.2, 0.25) is 6.32 Å². The molecular weight excluding hydrogens is 123 g/mol. The third-order valence-corrected chi connectivity index (χ3v) is 2.46. The van der Waals surface area contributed by atoms with Crippen molar-refractivity contribution in [1.29, 1.82) is 0 Å². The zero-order valence-corrected chi connectivity index (χ0v) is 6.68. The Bertz CT molecular complexity index is 75.3. The predicted molar refractivity (Wildman–Crippen MR) is 43.3 cm³/mol. The molecule has 56 valence electrons. The van der Waals surface area contributed by atoms with E-state index in [0.717, 1.165) is 12.2 Å². The Morgan fingerprint density at radius 2 is 1.90 bits per heavy atom. The van der Waals surface area contributed by atoms with Crippen LogP contribution >= 0.6 is 0 Å². The summed E-state index contributed by atoms with van der Waals surface area (Å²) in [4.78, 5) is 0. The highest BCUT2D eigenvalue weighted by atomic mass is 16.5. The molecule has 2 heteroatoms. The van der Waals surface area contributed by atoms with Crippen LogP contribution in [0.5, 0.6) is 0 Å². The molecule has 0 saturated heterocycles. The van der Waals surface area contributed by atoms with Crippen LogP contribution in [0.25, 0.3) is 0 Å². The monoisotopic (exact) mass is 138 g/mol. The SMILES string of the molecule is [B]CC1CCC(OC)CC1. The smallest absolute Gasteiger partial charge is 0.0656 e. The van der Waals surface area contributed by atoms with Crippen LogP contribution in [-0.2, 0) is 4.74 Å². The maximum atomic E-state index is 5.55. The summed E-state index contributed by atoms with van der Waals surface area (Å²) < 4.78 is 5.24. The van der Waals surface area contributed by atoms with Gasteiger partial charge in [-0.2, -0.15) is 0 Å². The highest BCUT2D eigenvalue weighted by molar-refractivity contribution is 6.08. The van der Waals surface area contributed by atoms with E-state index < -0.39 is 0 Å². The van der Waals surface area contributed by atoms with Crippen molar-refractivity contribution in [3.8, 4) is 0 Å². The van der Waals surface area contributed by atoms with E-state index in [-0.39, 0.29) is 0 Å². The topological polar surface area (TPSA) is 9.23 Å². The Kier molecular flexibility index (Phi) is 3.27. The first-order valence-corrected chi connectivity index (χ1v) is 4.09. The molecule has 0 aromatic heterocycles. The molecule has 10 heavy (non-hydrogen) atoms. The average molecular weight is 138 g/mol. The van der Waals surface area contributed by atoms with E-state index in [9.17, 15) is 0 Å². The van der Waals surface area contributed by atoms with Crippen LogP contribution in [0.1, 0.15) is 25.7 Å². The Morgan fingerprint density at radius 3 is 2.30 bits per heavy atom. The van der Waals surface area contributed by atoms with E-state index in [1.54, 1.807) is 7.11 Å². The fraction of sp³-hybridized carbons (Fsp3) is 1.00. The van der Waals surface area contributed by atoms with Gasteiger partial charge in [-0.05, 0) is 31.6 Å². The van der Waals surface area contributed by atoms with Crippen molar-refractivity contribution >= 4 is 7.85 Å². The normalized spacial score (nSPS) is 34.1. The van der Waals surface area contributed by atoms with Crippen LogP contribution in [0.4, 0.5) is 0 Å². The van der Waals surface area contributed by atoms with Crippen LogP contribution in [-0.4, -0.2) is 21.1 Å². The molecule has 0 unspecified atom stereocenters. The maximum Gasteiger partial charge on any atom is 0.0656 e.